The Kier molecular flexibility index (Phi) is 2.80. The van der Waals surface area contributed by atoms with Gasteiger partial charge in [0.15, 0.2) is 0 Å². The van der Waals surface area contributed by atoms with Crippen LogP contribution < -0.4 is 0 Å². The van der Waals surface area contributed by atoms with E-state index in [1.54, 1.807) is 0 Å². The van der Waals surface area contributed by atoms with E-state index in [4.69, 9.17) is 4.42 Å². The van der Waals surface area contributed by atoms with Gasteiger partial charge in [-0.05, 0) is 30.9 Å². The van der Waals surface area contributed by atoms with E-state index >= 15 is 0 Å². The van der Waals surface area contributed by atoms with E-state index in [1.165, 1.54) is 17.3 Å². The summed E-state index contributed by atoms with van der Waals surface area (Å²) in [6.45, 7) is 2.08. The summed E-state index contributed by atoms with van der Waals surface area (Å²) in [6.07, 6.45) is 1.94. The molecule has 3 rings (SSSR count). The fourth-order valence-electron chi connectivity index (χ4n) is 1.89. The predicted octanol–water partition coefficient (Wildman–Crippen LogP) is 3.92. The summed E-state index contributed by atoms with van der Waals surface area (Å²) in [5.41, 5.74) is 4.65. The normalized spacial score (nSPS) is 11.0. The first-order valence-corrected chi connectivity index (χ1v) is 6.88. The molecule has 0 radical (unpaired) electrons. The van der Waals surface area contributed by atoms with Crippen LogP contribution in [0.2, 0.25) is 0 Å². The van der Waals surface area contributed by atoms with Crippen LogP contribution in [0.25, 0.3) is 22.5 Å². The molecule has 3 nitrogen and oxygen atoms in total. The van der Waals surface area contributed by atoms with E-state index in [2.05, 4.69) is 29.0 Å². The third-order valence-electron chi connectivity index (χ3n) is 2.83. The van der Waals surface area contributed by atoms with E-state index in [1.807, 2.05) is 30.5 Å². The number of pyridine rings is 1. The number of oxazole rings is 1. The molecular weight excluding hydrogens is 244 g/mol. The van der Waals surface area contributed by atoms with Crippen molar-refractivity contribution in [1.29, 1.82) is 0 Å². The van der Waals surface area contributed by atoms with Crippen molar-refractivity contribution in [2.75, 3.05) is 6.26 Å². The summed E-state index contributed by atoms with van der Waals surface area (Å²) in [5, 5.41) is 0.652. The number of aryl methyl sites for hydroxylation is 1. The Morgan fingerprint density at radius 1 is 1.06 bits per heavy atom. The van der Waals surface area contributed by atoms with Gasteiger partial charge in [0.05, 0.1) is 5.69 Å². The molecule has 18 heavy (non-hydrogen) atoms. The van der Waals surface area contributed by atoms with Gasteiger partial charge in [0.1, 0.15) is 5.52 Å². The molecule has 2 aromatic heterocycles. The van der Waals surface area contributed by atoms with Crippen molar-refractivity contribution in [1.82, 2.24) is 9.97 Å². The number of thioether (sulfide) groups is 1. The summed E-state index contributed by atoms with van der Waals surface area (Å²) in [7, 11) is 0. The molecule has 0 amide bonds. The Labute approximate surface area is 109 Å². The number of fused-ring (bicyclic) bond motifs is 1. The number of benzene rings is 1. The highest BCUT2D eigenvalue weighted by Crippen LogP contribution is 2.25. The molecule has 0 saturated carbocycles. The third-order valence-corrected chi connectivity index (χ3v) is 3.36. The van der Waals surface area contributed by atoms with Gasteiger partial charge in [-0.25, -0.2) is 9.97 Å². The molecule has 4 heteroatoms. The van der Waals surface area contributed by atoms with Crippen molar-refractivity contribution in [3.63, 3.8) is 0 Å². The predicted molar refractivity (Wildman–Crippen MR) is 73.8 cm³/mol. The van der Waals surface area contributed by atoms with E-state index in [-0.39, 0.29) is 0 Å². The van der Waals surface area contributed by atoms with Gasteiger partial charge in [0.25, 0.3) is 5.22 Å². The van der Waals surface area contributed by atoms with Crippen LogP contribution in [-0.4, -0.2) is 16.2 Å². The summed E-state index contributed by atoms with van der Waals surface area (Å²) < 4.78 is 5.56. The van der Waals surface area contributed by atoms with E-state index in [0.29, 0.717) is 10.9 Å². The second-order valence-corrected chi connectivity index (χ2v) is 4.78. The van der Waals surface area contributed by atoms with Gasteiger partial charge in [0.2, 0.25) is 5.71 Å². The van der Waals surface area contributed by atoms with Crippen molar-refractivity contribution >= 4 is 23.0 Å². The Bertz CT molecular complexity index is 706. The average molecular weight is 256 g/mol. The zero-order valence-electron chi connectivity index (χ0n) is 10.2. The molecular formula is C14H12N2OS. The number of hydrogen-bond acceptors (Lipinski definition) is 4. The molecule has 2 heterocycles. The molecule has 0 aliphatic carbocycles. The van der Waals surface area contributed by atoms with E-state index in [0.717, 1.165) is 16.8 Å². The largest absolute Gasteiger partial charge is 0.412 e. The Balaban J connectivity index is 2.16. The van der Waals surface area contributed by atoms with Crippen LogP contribution in [-0.2, 0) is 0 Å². The minimum atomic E-state index is 0.597. The van der Waals surface area contributed by atoms with Crippen molar-refractivity contribution in [2.45, 2.75) is 12.1 Å². The fraction of sp³-hybridized carbons (Fsp3) is 0.143. The van der Waals surface area contributed by atoms with Crippen molar-refractivity contribution < 1.29 is 4.42 Å². The number of hydrogen-bond donors (Lipinski definition) is 0. The topological polar surface area (TPSA) is 38.9 Å². The van der Waals surface area contributed by atoms with Gasteiger partial charge in [-0.3, -0.25) is 0 Å². The fourth-order valence-corrected chi connectivity index (χ4v) is 2.25. The highest BCUT2D eigenvalue weighted by Gasteiger charge is 2.09. The van der Waals surface area contributed by atoms with Crippen molar-refractivity contribution in [2.24, 2.45) is 0 Å². The smallest absolute Gasteiger partial charge is 0.258 e. The minimum Gasteiger partial charge on any atom is -0.412 e. The standard InChI is InChI=1S/C14H12N2OS/c1-9-5-3-4-6-10(9)11-7-8-12-13(15-11)17-14(16-12)18-2/h3-8H,1-2H3. The molecule has 0 aliphatic rings. The maximum atomic E-state index is 5.56. The second-order valence-electron chi connectivity index (χ2n) is 4.02. The molecule has 0 atom stereocenters. The Morgan fingerprint density at radius 2 is 1.89 bits per heavy atom. The van der Waals surface area contributed by atoms with Gasteiger partial charge in [-0.2, -0.15) is 0 Å². The molecule has 0 unspecified atom stereocenters. The van der Waals surface area contributed by atoms with Crippen molar-refractivity contribution in [3.8, 4) is 11.3 Å². The molecule has 1 aromatic carbocycles. The second kappa shape index (κ2) is 4.46. The van der Waals surface area contributed by atoms with Gasteiger partial charge < -0.3 is 4.42 Å². The lowest BCUT2D eigenvalue weighted by Gasteiger charge is -2.03. The lowest BCUT2D eigenvalue weighted by Crippen LogP contribution is -1.86. The average Bonchev–Trinajstić information content (AvgIpc) is 2.81. The molecule has 0 aliphatic heterocycles. The summed E-state index contributed by atoms with van der Waals surface area (Å²) in [6, 6.07) is 12.1. The van der Waals surface area contributed by atoms with Crippen LogP contribution in [0.15, 0.2) is 46.0 Å². The molecule has 0 spiro atoms. The molecule has 0 saturated heterocycles. The highest BCUT2D eigenvalue weighted by atomic mass is 32.2. The first-order chi connectivity index (χ1) is 8.78. The Morgan fingerprint density at radius 3 is 2.67 bits per heavy atom. The summed E-state index contributed by atoms with van der Waals surface area (Å²) in [5.74, 6) is 0. The van der Waals surface area contributed by atoms with E-state index < -0.39 is 0 Å². The first-order valence-electron chi connectivity index (χ1n) is 5.65. The van der Waals surface area contributed by atoms with Gasteiger partial charge in [0, 0.05) is 5.56 Å². The Hall–Kier alpha value is -1.81. The van der Waals surface area contributed by atoms with Crippen LogP contribution >= 0.6 is 11.8 Å². The van der Waals surface area contributed by atoms with Crippen LogP contribution in [0.5, 0.6) is 0 Å². The summed E-state index contributed by atoms with van der Waals surface area (Å²) in [4.78, 5) is 8.85. The van der Waals surface area contributed by atoms with Crippen LogP contribution in [0.3, 0.4) is 0 Å². The van der Waals surface area contributed by atoms with Crippen LogP contribution in [0.1, 0.15) is 5.56 Å². The van der Waals surface area contributed by atoms with E-state index in [9.17, 15) is 0 Å². The molecule has 0 fully saturated rings. The zero-order chi connectivity index (χ0) is 12.5. The minimum absolute atomic E-state index is 0.597. The monoisotopic (exact) mass is 256 g/mol. The van der Waals surface area contributed by atoms with Crippen LogP contribution in [0.4, 0.5) is 0 Å². The number of nitrogens with zero attached hydrogens (tertiary/aromatic N) is 2. The first kappa shape index (κ1) is 11.3. The molecule has 0 bridgehead atoms. The van der Waals surface area contributed by atoms with Gasteiger partial charge in [-0.15, -0.1) is 0 Å². The van der Waals surface area contributed by atoms with Crippen LogP contribution in [0, 0.1) is 6.92 Å². The highest BCUT2D eigenvalue weighted by molar-refractivity contribution is 7.98. The number of rotatable bonds is 2. The van der Waals surface area contributed by atoms with Gasteiger partial charge in [-0.1, -0.05) is 36.0 Å². The maximum Gasteiger partial charge on any atom is 0.258 e. The zero-order valence-corrected chi connectivity index (χ0v) is 11.0. The van der Waals surface area contributed by atoms with Gasteiger partial charge >= 0.3 is 0 Å². The lowest BCUT2D eigenvalue weighted by molar-refractivity contribution is 0.482. The quantitative estimate of drug-likeness (QED) is 0.651. The maximum absolute atomic E-state index is 5.56. The van der Waals surface area contributed by atoms with Crippen molar-refractivity contribution in [3.05, 3.63) is 42.0 Å². The molecule has 3 aromatic rings. The molecule has 90 valence electrons. The third kappa shape index (κ3) is 1.88. The lowest BCUT2D eigenvalue weighted by atomic mass is 10.1. The molecule has 0 N–H and O–H groups in total. The number of aromatic nitrogens is 2. The summed E-state index contributed by atoms with van der Waals surface area (Å²) >= 11 is 1.48. The SMILES string of the molecule is CSc1nc2ccc(-c3ccccc3C)nc2o1.